The molecule has 0 bridgehead atoms. The fraction of sp³-hybridized carbons (Fsp3) is 0.524. The van der Waals surface area contributed by atoms with E-state index >= 15 is 0 Å². The average molecular weight is 383 g/mol. The Balaban J connectivity index is 1.28. The van der Waals surface area contributed by atoms with Crippen molar-refractivity contribution >= 4 is 11.6 Å². The van der Waals surface area contributed by atoms with E-state index in [0.717, 1.165) is 70.9 Å². The van der Waals surface area contributed by atoms with Gasteiger partial charge in [0.2, 0.25) is 0 Å². The molecule has 150 valence electrons. The maximum Gasteiger partial charge on any atom is 0.276 e. The SMILES string of the molecule is O=C(Nc1ccc(CCN2CCOCC2)cc1)c1ccn(C2CCCNC2)n1. The second kappa shape index (κ2) is 9.32. The molecule has 2 aliphatic rings. The normalized spacial score (nSPS) is 20.8. The lowest BCUT2D eigenvalue weighted by molar-refractivity contribution is 0.0384. The first-order chi connectivity index (χ1) is 13.8. The number of piperidine rings is 1. The van der Waals surface area contributed by atoms with Gasteiger partial charge in [-0.2, -0.15) is 5.10 Å². The monoisotopic (exact) mass is 383 g/mol. The molecule has 28 heavy (non-hydrogen) atoms. The molecule has 2 N–H and O–H groups in total. The van der Waals surface area contributed by atoms with Crippen LogP contribution < -0.4 is 10.6 Å². The van der Waals surface area contributed by atoms with E-state index in [1.807, 2.05) is 23.0 Å². The number of nitrogens with zero attached hydrogens (tertiary/aromatic N) is 3. The lowest BCUT2D eigenvalue weighted by atomic mass is 10.1. The van der Waals surface area contributed by atoms with Gasteiger partial charge in [-0.15, -0.1) is 0 Å². The summed E-state index contributed by atoms with van der Waals surface area (Å²) in [7, 11) is 0. The summed E-state index contributed by atoms with van der Waals surface area (Å²) < 4.78 is 7.30. The van der Waals surface area contributed by atoms with Crippen molar-refractivity contribution in [2.24, 2.45) is 0 Å². The van der Waals surface area contributed by atoms with E-state index in [1.54, 1.807) is 6.07 Å². The van der Waals surface area contributed by atoms with E-state index < -0.39 is 0 Å². The van der Waals surface area contributed by atoms with Crippen LogP contribution in [0, 0.1) is 0 Å². The zero-order valence-corrected chi connectivity index (χ0v) is 16.3. The Morgan fingerprint density at radius 3 is 2.79 bits per heavy atom. The number of amides is 1. The summed E-state index contributed by atoms with van der Waals surface area (Å²) in [6.45, 7) is 6.70. The zero-order valence-electron chi connectivity index (χ0n) is 16.3. The molecule has 7 nitrogen and oxygen atoms in total. The van der Waals surface area contributed by atoms with Gasteiger partial charge in [0.25, 0.3) is 5.91 Å². The number of aromatic nitrogens is 2. The topological polar surface area (TPSA) is 71.4 Å². The van der Waals surface area contributed by atoms with Crippen LogP contribution in [-0.2, 0) is 11.2 Å². The van der Waals surface area contributed by atoms with Gasteiger partial charge in [0.15, 0.2) is 5.69 Å². The summed E-state index contributed by atoms with van der Waals surface area (Å²) in [5, 5.41) is 10.8. The molecule has 1 aromatic heterocycles. The highest BCUT2D eigenvalue weighted by Gasteiger charge is 2.18. The highest BCUT2D eigenvalue weighted by molar-refractivity contribution is 6.02. The van der Waals surface area contributed by atoms with Crippen molar-refractivity contribution in [2.45, 2.75) is 25.3 Å². The zero-order chi connectivity index (χ0) is 19.2. The highest BCUT2D eigenvalue weighted by Crippen LogP contribution is 2.17. The van der Waals surface area contributed by atoms with Crippen LogP contribution in [-0.4, -0.2) is 66.5 Å². The molecule has 7 heteroatoms. The summed E-state index contributed by atoms with van der Waals surface area (Å²) in [6.07, 6.45) is 5.15. The number of morpholine rings is 1. The molecule has 2 fully saturated rings. The Bertz CT molecular complexity index is 761. The maximum absolute atomic E-state index is 12.5. The Kier molecular flexibility index (Phi) is 6.36. The molecule has 4 rings (SSSR count). The third kappa shape index (κ3) is 4.98. The number of rotatable bonds is 6. The molecule has 0 radical (unpaired) electrons. The fourth-order valence-corrected chi connectivity index (χ4v) is 3.78. The molecule has 1 amide bonds. The average Bonchev–Trinajstić information content (AvgIpc) is 3.25. The van der Waals surface area contributed by atoms with Crippen molar-refractivity contribution in [3.8, 4) is 0 Å². The lowest BCUT2D eigenvalue weighted by Crippen LogP contribution is -2.37. The third-order valence-corrected chi connectivity index (χ3v) is 5.52. The van der Waals surface area contributed by atoms with Crippen molar-refractivity contribution in [1.82, 2.24) is 20.0 Å². The number of hydrogen-bond acceptors (Lipinski definition) is 5. The van der Waals surface area contributed by atoms with Gasteiger partial charge in [0, 0.05) is 38.1 Å². The molecule has 2 aromatic rings. The standard InChI is InChI=1S/C21H29N5O2/c27-21(20-8-11-26(24-20)19-2-1-9-22-16-19)23-18-5-3-17(4-6-18)7-10-25-12-14-28-15-13-25/h3-6,8,11,19,22H,1-2,7,9-10,12-16H2,(H,23,27). The second-order valence-corrected chi connectivity index (χ2v) is 7.54. The minimum Gasteiger partial charge on any atom is -0.379 e. The lowest BCUT2D eigenvalue weighted by Gasteiger charge is -2.26. The van der Waals surface area contributed by atoms with E-state index in [4.69, 9.17) is 4.74 Å². The van der Waals surface area contributed by atoms with Crippen molar-refractivity contribution in [3.05, 3.63) is 47.8 Å². The molecule has 2 saturated heterocycles. The number of ether oxygens (including phenoxy) is 1. The molecule has 1 unspecified atom stereocenters. The van der Waals surface area contributed by atoms with Gasteiger partial charge in [0.1, 0.15) is 0 Å². The first kappa shape index (κ1) is 19.1. The first-order valence-electron chi connectivity index (χ1n) is 10.2. The van der Waals surface area contributed by atoms with Crippen LogP contribution in [0.2, 0.25) is 0 Å². The predicted octanol–water partition coefficient (Wildman–Crippen LogP) is 1.93. The van der Waals surface area contributed by atoms with Gasteiger partial charge in [-0.25, -0.2) is 0 Å². The van der Waals surface area contributed by atoms with Gasteiger partial charge in [0.05, 0.1) is 19.3 Å². The number of hydrogen-bond donors (Lipinski definition) is 2. The number of nitrogens with one attached hydrogen (secondary N) is 2. The molecule has 2 aliphatic heterocycles. The number of benzene rings is 1. The van der Waals surface area contributed by atoms with Gasteiger partial charge in [-0.3, -0.25) is 14.4 Å². The summed E-state index contributed by atoms with van der Waals surface area (Å²) in [4.78, 5) is 14.9. The Hall–Kier alpha value is -2.22. The van der Waals surface area contributed by atoms with Crippen LogP contribution in [0.5, 0.6) is 0 Å². The molecule has 0 aliphatic carbocycles. The predicted molar refractivity (Wildman–Crippen MR) is 109 cm³/mol. The third-order valence-electron chi connectivity index (χ3n) is 5.52. The molecule has 1 aromatic carbocycles. The van der Waals surface area contributed by atoms with Crippen LogP contribution in [0.15, 0.2) is 36.5 Å². The van der Waals surface area contributed by atoms with Crippen LogP contribution in [0.4, 0.5) is 5.69 Å². The number of anilines is 1. The largest absolute Gasteiger partial charge is 0.379 e. The smallest absolute Gasteiger partial charge is 0.276 e. The molecule has 0 saturated carbocycles. The van der Waals surface area contributed by atoms with Crippen molar-refractivity contribution < 1.29 is 9.53 Å². The fourth-order valence-electron chi connectivity index (χ4n) is 3.78. The highest BCUT2D eigenvalue weighted by atomic mass is 16.5. The summed E-state index contributed by atoms with van der Waals surface area (Å²) in [5.74, 6) is -0.163. The van der Waals surface area contributed by atoms with Gasteiger partial charge in [-0.05, 0) is 49.6 Å². The minimum atomic E-state index is -0.163. The quantitative estimate of drug-likeness (QED) is 0.798. The van der Waals surface area contributed by atoms with E-state index in [9.17, 15) is 4.79 Å². The van der Waals surface area contributed by atoms with E-state index in [2.05, 4.69) is 32.8 Å². The number of carbonyl (C=O) groups is 1. The van der Waals surface area contributed by atoms with Gasteiger partial charge in [-0.1, -0.05) is 12.1 Å². The maximum atomic E-state index is 12.5. The van der Waals surface area contributed by atoms with Crippen LogP contribution in [0.1, 0.15) is 34.9 Å². The summed E-state index contributed by atoms with van der Waals surface area (Å²) >= 11 is 0. The second-order valence-electron chi connectivity index (χ2n) is 7.54. The van der Waals surface area contributed by atoms with E-state index in [-0.39, 0.29) is 5.91 Å². The van der Waals surface area contributed by atoms with Gasteiger partial charge < -0.3 is 15.4 Å². The van der Waals surface area contributed by atoms with Crippen LogP contribution >= 0.6 is 0 Å². The van der Waals surface area contributed by atoms with Gasteiger partial charge >= 0.3 is 0 Å². The van der Waals surface area contributed by atoms with E-state index in [0.29, 0.717) is 11.7 Å². The first-order valence-corrected chi connectivity index (χ1v) is 10.2. The molecule has 1 atom stereocenters. The Labute approximate surface area is 166 Å². The number of carbonyl (C=O) groups excluding carboxylic acids is 1. The van der Waals surface area contributed by atoms with Crippen LogP contribution in [0.3, 0.4) is 0 Å². The molecular weight excluding hydrogens is 354 g/mol. The Morgan fingerprint density at radius 1 is 1.21 bits per heavy atom. The Morgan fingerprint density at radius 2 is 2.04 bits per heavy atom. The minimum absolute atomic E-state index is 0.163. The van der Waals surface area contributed by atoms with Crippen LogP contribution in [0.25, 0.3) is 0 Å². The van der Waals surface area contributed by atoms with Crippen molar-refractivity contribution in [3.63, 3.8) is 0 Å². The molecular formula is C21H29N5O2. The van der Waals surface area contributed by atoms with E-state index in [1.165, 1.54) is 5.56 Å². The molecule has 0 spiro atoms. The summed E-state index contributed by atoms with van der Waals surface area (Å²) in [5.41, 5.74) is 2.54. The van der Waals surface area contributed by atoms with Crippen molar-refractivity contribution in [2.75, 3.05) is 51.3 Å². The summed E-state index contributed by atoms with van der Waals surface area (Å²) in [6, 6.07) is 10.2. The van der Waals surface area contributed by atoms with Crippen molar-refractivity contribution in [1.29, 1.82) is 0 Å². The molecule has 3 heterocycles.